The maximum atomic E-state index is 12.0. The van der Waals surface area contributed by atoms with Crippen molar-refractivity contribution in [3.05, 3.63) is 0 Å². The van der Waals surface area contributed by atoms with Crippen LogP contribution in [0.1, 0.15) is 350 Å². The summed E-state index contributed by atoms with van der Waals surface area (Å²) in [4.78, 5) is 81.8. The van der Waals surface area contributed by atoms with Crippen LogP contribution >= 0.6 is 0 Å². The van der Waals surface area contributed by atoms with Crippen LogP contribution in [0.4, 0.5) is 0 Å². The minimum atomic E-state index is -0.656. The Bertz CT molecular complexity index is 1900. The fourth-order valence-electron chi connectivity index (χ4n) is 10.6. The van der Waals surface area contributed by atoms with Gasteiger partial charge >= 0.3 is 0 Å². The Labute approximate surface area is 560 Å². The van der Waals surface area contributed by atoms with E-state index in [-0.39, 0.29) is 63.8 Å². The molecule has 0 spiro atoms. The molecular weight excluding hydrogens is 1140 g/mol. The zero-order valence-corrected chi connectivity index (χ0v) is 63.0. The minimum absolute atomic E-state index is 0.0594. The number of hydrogen-bond donors (Lipinski definition) is 0. The summed E-state index contributed by atoms with van der Waals surface area (Å²) >= 11 is 0. The normalized spacial score (nSPS) is 15.4. The smallest absolute Gasteiger partial charge is 0.170 e. The van der Waals surface area contributed by atoms with Gasteiger partial charge in [0.05, 0.1) is 39.6 Å². The molecule has 0 aromatic rings. The van der Waals surface area contributed by atoms with Gasteiger partial charge in [0, 0.05) is 119 Å². The summed E-state index contributed by atoms with van der Waals surface area (Å²) in [6.45, 7) is 45.4. The molecule has 91 heavy (non-hydrogen) atoms. The Kier molecular flexibility index (Phi) is 52.3. The van der Waals surface area contributed by atoms with E-state index < -0.39 is 17.4 Å². The molecule has 0 amide bonds. The highest BCUT2D eigenvalue weighted by Crippen LogP contribution is 2.37. The van der Waals surface area contributed by atoms with Crippen LogP contribution < -0.4 is 0 Å². The average molecular weight is 1290 g/mol. The van der Waals surface area contributed by atoms with Crippen molar-refractivity contribution >= 4 is 40.5 Å². The van der Waals surface area contributed by atoms with Crippen molar-refractivity contribution in [1.82, 2.24) is 0 Å². The third-order valence-electron chi connectivity index (χ3n) is 17.6. The average Bonchev–Trinajstić information content (AvgIpc) is 1.32. The monoisotopic (exact) mass is 1290 g/mol. The van der Waals surface area contributed by atoms with Crippen LogP contribution in [0.5, 0.6) is 0 Å². The first-order chi connectivity index (χ1) is 42.6. The van der Waals surface area contributed by atoms with E-state index in [1.54, 1.807) is 0 Å². The van der Waals surface area contributed by atoms with Crippen molar-refractivity contribution in [2.75, 3.05) is 39.6 Å². The number of ketones is 7. The second-order valence-corrected chi connectivity index (χ2v) is 30.7. The second kappa shape index (κ2) is 52.6. The summed E-state index contributed by atoms with van der Waals surface area (Å²) in [5.74, 6) is 3.62. The zero-order valence-electron chi connectivity index (χ0n) is 63.0. The quantitative estimate of drug-likeness (QED) is 0.0416. The van der Waals surface area contributed by atoms with E-state index >= 15 is 0 Å². The lowest BCUT2D eigenvalue weighted by Gasteiger charge is -2.41. The molecule has 0 aromatic carbocycles. The molecule has 0 aromatic heterocycles. The SMILES string of the molecule is CC(C)CCCC(=O)C(C)C.CC(C)CCCOC(C)(OCCCC(=O)CCCC(=O)C(C)C)C(C)(C)C.CC(C)CCCOC1(OCCCC(=O)CCCC(=O)C(C)C)CCCC1.CC(C)CCCOC1(OCCCC(=O)CCCC(=O)C(C)C)CCCCC1. The van der Waals surface area contributed by atoms with Crippen LogP contribution in [0.2, 0.25) is 0 Å². The van der Waals surface area contributed by atoms with Crippen molar-refractivity contribution in [3.8, 4) is 0 Å². The molecule has 2 aliphatic rings. The van der Waals surface area contributed by atoms with Gasteiger partial charge in [-0.2, -0.15) is 0 Å². The molecule has 1 unspecified atom stereocenters. The number of Topliss-reactive ketones (excluding diaryl/α,β-unsaturated/α-hetero) is 7. The highest BCUT2D eigenvalue weighted by atomic mass is 16.7. The number of ether oxygens (including phenoxy) is 6. The van der Waals surface area contributed by atoms with Crippen molar-refractivity contribution < 1.29 is 62.0 Å². The molecule has 2 saturated carbocycles. The predicted octanol–water partition coefficient (Wildman–Crippen LogP) is 20.3. The lowest BCUT2D eigenvalue weighted by Crippen LogP contribution is -2.45. The van der Waals surface area contributed by atoms with Crippen LogP contribution in [0, 0.1) is 52.8 Å². The molecule has 0 radical (unpaired) electrons. The maximum absolute atomic E-state index is 12.0. The predicted molar refractivity (Wildman–Crippen MR) is 375 cm³/mol. The number of carbonyl (C=O) groups excluding carboxylic acids is 7. The third-order valence-corrected chi connectivity index (χ3v) is 17.6. The maximum Gasteiger partial charge on any atom is 0.170 e. The van der Waals surface area contributed by atoms with E-state index in [0.717, 1.165) is 122 Å². The first-order valence-electron chi connectivity index (χ1n) is 37.1. The topological polar surface area (TPSA) is 175 Å². The Morgan fingerprint density at radius 3 is 0.813 bits per heavy atom. The minimum Gasteiger partial charge on any atom is -0.350 e. The van der Waals surface area contributed by atoms with Gasteiger partial charge in [-0.05, 0) is 140 Å². The van der Waals surface area contributed by atoms with E-state index in [0.29, 0.717) is 133 Å². The molecule has 536 valence electrons. The van der Waals surface area contributed by atoms with Crippen LogP contribution in [-0.2, 0) is 62.0 Å². The molecule has 2 fully saturated rings. The first kappa shape index (κ1) is 90.5. The second-order valence-electron chi connectivity index (χ2n) is 30.7. The molecule has 2 rings (SSSR count). The summed E-state index contributed by atoms with van der Waals surface area (Å²) in [6, 6.07) is 0. The van der Waals surface area contributed by atoms with Gasteiger partial charge in [0.15, 0.2) is 17.4 Å². The van der Waals surface area contributed by atoms with Crippen molar-refractivity contribution in [1.29, 1.82) is 0 Å². The van der Waals surface area contributed by atoms with Gasteiger partial charge in [0.2, 0.25) is 0 Å². The highest BCUT2D eigenvalue weighted by Gasteiger charge is 2.40. The first-order valence-corrected chi connectivity index (χ1v) is 37.1. The van der Waals surface area contributed by atoms with Gasteiger partial charge in [0.25, 0.3) is 0 Å². The molecule has 0 N–H and O–H groups in total. The van der Waals surface area contributed by atoms with Crippen LogP contribution in [0.25, 0.3) is 0 Å². The molecule has 0 saturated heterocycles. The van der Waals surface area contributed by atoms with Crippen molar-refractivity contribution in [2.45, 2.75) is 368 Å². The van der Waals surface area contributed by atoms with Crippen molar-refractivity contribution in [3.63, 3.8) is 0 Å². The van der Waals surface area contributed by atoms with Gasteiger partial charge in [-0.3, -0.25) is 33.6 Å². The van der Waals surface area contributed by atoms with E-state index in [9.17, 15) is 33.6 Å². The number of rotatable bonds is 50. The van der Waals surface area contributed by atoms with Crippen molar-refractivity contribution in [2.24, 2.45) is 52.8 Å². The number of carbonyl (C=O) groups is 7. The highest BCUT2D eigenvalue weighted by molar-refractivity contribution is 5.83. The summed E-state index contributed by atoms with van der Waals surface area (Å²) in [7, 11) is 0. The summed E-state index contributed by atoms with van der Waals surface area (Å²) in [6.07, 6.45) is 28.3. The lowest BCUT2D eigenvalue weighted by atomic mass is 9.86. The number of hydrogen-bond acceptors (Lipinski definition) is 13. The largest absolute Gasteiger partial charge is 0.350 e. The molecule has 0 aliphatic heterocycles. The van der Waals surface area contributed by atoms with Gasteiger partial charge in [-0.25, -0.2) is 0 Å². The van der Waals surface area contributed by atoms with E-state index in [1.165, 1.54) is 25.7 Å². The van der Waals surface area contributed by atoms with Gasteiger partial charge in [-0.15, -0.1) is 0 Å². The third kappa shape index (κ3) is 49.6. The molecule has 0 heterocycles. The fourth-order valence-corrected chi connectivity index (χ4v) is 10.6. The Hall–Kier alpha value is -2.55. The van der Waals surface area contributed by atoms with E-state index in [2.05, 4.69) is 76.2 Å². The fraction of sp³-hybridized carbons (Fsp3) is 0.910. The molecular formula is C78H146O13. The summed E-state index contributed by atoms with van der Waals surface area (Å²) in [5.41, 5.74) is -0.147. The van der Waals surface area contributed by atoms with Gasteiger partial charge in [0.1, 0.15) is 40.5 Å². The summed E-state index contributed by atoms with van der Waals surface area (Å²) in [5, 5.41) is 0. The van der Waals surface area contributed by atoms with E-state index in [4.69, 9.17) is 28.4 Å². The summed E-state index contributed by atoms with van der Waals surface area (Å²) < 4.78 is 36.8. The van der Waals surface area contributed by atoms with Crippen LogP contribution in [0.3, 0.4) is 0 Å². The Balaban J connectivity index is 0. The van der Waals surface area contributed by atoms with Crippen LogP contribution in [-0.4, -0.2) is 97.5 Å². The molecule has 13 nitrogen and oxygen atoms in total. The van der Waals surface area contributed by atoms with Gasteiger partial charge in [-0.1, -0.05) is 144 Å². The Morgan fingerprint density at radius 2 is 0.527 bits per heavy atom. The lowest BCUT2D eigenvalue weighted by molar-refractivity contribution is -0.278. The molecule has 0 bridgehead atoms. The van der Waals surface area contributed by atoms with Crippen LogP contribution in [0.15, 0.2) is 0 Å². The molecule has 13 heteroatoms. The zero-order chi connectivity index (χ0) is 69.5. The Morgan fingerprint density at radius 1 is 0.297 bits per heavy atom. The molecule has 1 atom stereocenters. The van der Waals surface area contributed by atoms with E-state index in [1.807, 2.05) is 62.3 Å². The van der Waals surface area contributed by atoms with Gasteiger partial charge < -0.3 is 28.4 Å². The standard InChI is InChI=1S/C23H42O4.C23H44O4.C22H40O4.C10H20O/c1-19(2)11-9-17-26-23(15-6-5-7-16-23)27-18-10-13-21(24)12-8-14-22(25)20(3)4;1-18(2)12-10-16-26-23(8,22(5,6)7)27-17-11-14-20(24)13-9-15-21(25)19(3)4;1-18(2)10-8-16-25-22(14-5-6-15-22)26-17-9-12-20(23)11-7-13-21(24)19(3)4;1-8(2)6-5-7-10(11)9(3)4/h19-20H,5-18H2,1-4H3;18-19H,9-17H2,1-8H3;18-19H,5-17H2,1-4H3;8-9H,5-7H2,1-4H3. The molecule has 2 aliphatic carbocycles.